The maximum Gasteiger partial charge on any atom is 0.274 e. The van der Waals surface area contributed by atoms with Crippen LogP contribution in [0.3, 0.4) is 0 Å². The van der Waals surface area contributed by atoms with Gasteiger partial charge >= 0.3 is 0 Å². The summed E-state index contributed by atoms with van der Waals surface area (Å²) in [5.41, 5.74) is 0. The van der Waals surface area contributed by atoms with Crippen molar-refractivity contribution in [2.75, 3.05) is 13.6 Å². The largest absolute Gasteiger partial charge is 0.339 e. The second-order valence-corrected chi connectivity index (χ2v) is 4.98. The van der Waals surface area contributed by atoms with Crippen LogP contribution in [0.5, 0.6) is 0 Å². The van der Waals surface area contributed by atoms with Gasteiger partial charge in [-0.2, -0.15) is 0 Å². The molecule has 86 valence electrons. The van der Waals surface area contributed by atoms with E-state index in [2.05, 4.69) is 0 Å². The van der Waals surface area contributed by atoms with E-state index in [9.17, 15) is 13.6 Å². The molecule has 0 N–H and O–H groups in total. The number of hydrogen-bond acceptors (Lipinski definition) is 2. The monoisotopic (exact) mass is 243 g/mol. The van der Waals surface area contributed by atoms with E-state index in [1.165, 1.54) is 7.05 Å². The Kier molecular flexibility index (Phi) is 2.88. The molecule has 0 radical (unpaired) electrons. The van der Waals surface area contributed by atoms with E-state index in [0.29, 0.717) is 16.7 Å². The van der Waals surface area contributed by atoms with Crippen LogP contribution in [0.15, 0.2) is 35.2 Å². The molecule has 0 saturated carbocycles. The molecule has 0 aromatic heterocycles. The number of carbonyl (C=O) groups is 1. The highest BCUT2D eigenvalue weighted by molar-refractivity contribution is 8.01. The molecule has 16 heavy (non-hydrogen) atoms. The lowest BCUT2D eigenvalue weighted by Crippen LogP contribution is -2.35. The van der Waals surface area contributed by atoms with E-state index < -0.39 is 17.1 Å². The predicted octanol–water partition coefficient (Wildman–Crippen LogP) is 2.25. The number of benzene rings is 1. The molecule has 1 heterocycles. The highest BCUT2D eigenvalue weighted by Gasteiger charge is 2.55. The van der Waals surface area contributed by atoms with Gasteiger partial charge in [0.2, 0.25) is 0 Å². The van der Waals surface area contributed by atoms with Gasteiger partial charge in [0, 0.05) is 11.9 Å². The Balaban J connectivity index is 2.23. The SMILES string of the molecule is CN1C[C@H](F)[C@@](F)(Sc2ccccc2)C1=O. The molecule has 1 fully saturated rings. The summed E-state index contributed by atoms with van der Waals surface area (Å²) in [6, 6.07) is 8.54. The molecule has 2 atom stereocenters. The number of thioether (sulfide) groups is 1. The normalized spacial score (nSPS) is 29.8. The van der Waals surface area contributed by atoms with Crippen molar-refractivity contribution in [3.05, 3.63) is 30.3 Å². The molecule has 1 aliphatic rings. The number of alkyl halides is 2. The molecule has 0 unspecified atom stereocenters. The maximum atomic E-state index is 14.2. The zero-order valence-corrected chi connectivity index (χ0v) is 9.51. The lowest BCUT2D eigenvalue weighted by atomic mass is 10.3. The number of rotatable bonds is 2. The maximum absolute atomic E-state index is 14.2. The van der Waals surface area contributed by atoms with Crippen LogP contribution in [-0.4, -0.2) is 35.6 Å². The van der Waals surface area contributed by atoms with Gasteiger partial charge in [-0.3, -0.25) is 4.79 Å². The van der Waals surface area contributed by atoms with Gasteiger partial charge in [0.05, 0.1) is 6.54 Å². The van der Waals surface area contributed by atoms with Crippen molar-refractivity contribution in [1.29, 1.82) is 0 Å². The number of carbonyl (C=O) groups excluding carboxylic acids is 1. The molecule has 0 aliphatic carbocycles. The first kappa shape index (κ1) is 11.4. The molecule has 2 nitrogen and oxygen atoms in total. The summed E-state index contributed by atoms with van der Waals surface area (Å²) >= 11 is 0.641. The third-order valence-electron chi connectivity index (χ3n) is 2.48. The molecule has 5 heteroatoms. The molecule has 1 amide bonds. The zero-order chi connectivity index (χ0) is 11.8. The highest BCUT2D eigenvalue weighted by atomic mass is 32.2. The fourth-order valence-corrected chi connectivity index (χ4v) is 2.68. The molecule has 1 aromatic rings. The van der Waals surface area contributed by atoms with Gasteiger partial charge in [-0.1, -0.05) is 30.0 Å². The summed E-state index contributed by atoms with van der Waals surface area (Å²) in [5, 5.41) is -2.48. The second-order valence-electron chi connectivity index (χ2n) is 3.71. The van der Waals surface area contributed by atoms with E-state index in [0.717, 1.165) is 4.90 Å². The lowest BCUT2D eigenvalue weighted by molar-refractivity contribution is -0.132. The quantitative estimate of drug-likeness (QED) is 0.794. The number of likely N-dealkylation sites (tertiary alicyclic amines) is 1. The number of hydrogen-bond donors (Lipinski definition) is 0. The Hall–Kier alpha value is -1.10. The van der Waals surface area contributed by atoms with Crippen LogP contribution in [0, 0.1) is 0 Å². The first-order chi connectivity index (χ1) is 7.54. The average molecular weight is 243 g/mol. The van der Waals surface area contributed by atoms with Gasteiger partial charge < -0.3 is 4.90 Å². The smallest absolute Gasteiger partial charge is 0.274 e. The Labute approximate surface area is 96.6 Å². The minimum atomic E-state index is -2.48. The van der Waals surface area contributed by atoms with Crippen LogP contribution in [0.25, 0.3) is 0 Å². The van der Waals surface area contributed by atoms with Crippen molar-refractivity contribution in [1.82, 2.24) is 4.90 Å². The third kappa shape index (κ3) is 1.80. The summed E-state index contributed by atoms with van der Waals surface area (Å²) in [5.74, 6) is -0.797. The molecular weight excluding hydrogens is 232 g/mol. The molecule has 0 bridgehead atoms. The van der Waals surface area contributed by atoms with Gasteiger partial charge in [-0.05, 0) is 12.1 Å². The highest BCUT2D eigenvalue weighted by Crippen LogP contribution is 2.43. The van der Waals surface area contributed by atoms with Gasteiger partial charge in [0.1, 0.15) is 0 Å². The molecule has 1 aromatic carbocycles. The zero-order valence-electron chi connectivity index (χ0n) is 8.69. The minimum Gasteiger partial charge on any atom is -0.339 e. The van der Waals surface area contributed by atoms with Crippen LogP contribution < -0.4 is 0 Å². The summed E-state index contributed by atoms with van der Waals surface area (Å²) in [6.45, 7) is -0.185. The van der Waals surface area contributed by atoms with Crippen LogP contribution in [0.4, 0.5) is 8.78 Å². The van der Waals surface area contributed by atoms with Gasteiger partial charge in [-0.25, -0.2) is 8.78 Å². The number of amides is 1. The first-order valence-electron chi connectivity index (χ1n) is 4.86. The summed E-state index contributed by atoms with van der Waals surface area (Å²) in [7, 11) is 1.40. The van der Waals surface area contributed by atoms with Gasteiger partial charge in [-0.15, -0.1) is 0 Å². The van der Waals surface area contributed by atoms with Crippen molar-refractivity contribution in [3.8, 4) is 0 Å². The van der Waals surface area contributed by atoms with Crippen molar-refractivity contribution in [2.24, 2.45) is 0 Å². The summed E-state index contributed by atoms with van der Waals surface area (Å²) in [4.78, 5) is 13.2. The number of halogens is 2. The molecule has 0 spiro atoms. The van der Waals surface area contributed by atoms with Crippen molar-refractivity contribution in [2.45, 2.75) is 16.1 Å². The third-order valence-corrected chi connectivity index (χ3v) is 3.72. The van der Waals surface area contributed by atoms with Gasteiger partial charge in [0.15, 0.2) is 6.17 Å². The number of nitrogens with zero attached hydrogens (tertiary/aromatic N) is 1. The fourth-order valence-electron chi connectivity index (χ4n) is 1.60. The van der Waals surface area contributed by atoms with E-state index in [1.54, 1.807) is 30.3 Å². The second kappa shape index (κ2) is 4.05. The van der Waals surface area contributed by atoms with Crippen LogP contribution in [0.1, 0.15) is 0 Å². The Morgan fingerprint density at radius 2 is 2.06 bits per heavy atom. The first-order valence-corrected chi connectivity index (χ1v) is 5.68. The van der Waals surface area contributed by atoms with Crippen LogP contribution >= 0.6 is 11.8 Å². The van der Waals surface area contributed by atoms with E-state index in [4.69, 9.17) is 0 Å². The summed E-state index contributed by atoms with van der Waals surface area (Å²) < 4.78 is 27.7. The van der Waals surface area contributed by atoms with E-state index in [-0.39, 0.29) is 6.54 Å². The Morgan fingerprint density at radius 3 is 2.56 bits per heavy atom. The Morgan fingerprint density at radius 1 is 1.44 bits per heavy atom. The molecule has 2 rings (SSSR count). The van der Waals surface area contributed by atoms with Crippen molar-refractivity contribution >= 4 is 17.7 Å². The van der Waals surface area contributed by atoms with Crippen molar-refractivity contribution in [3.63, 3.8) is 0 Å². The minimum absolute atomic E-state index is 0.185. The molecule has 1 saturated heterocycles. The fraction of sp³-hybridized carbons (Fsp3) is 0.364. The average Bonchev–Trinajstić information content (AvgIpc) is 2.45. The topological polar surface area (TPSA) is 20.3 Å². The molecular formula is C11H11F2NOS. The van der Waals surface area contributed by atoms with Crippen LogP contribution in [0.2, 0.25) is 0 Å². The summed E-state index contributed by atoms with van der Waals surface area (Å²) in [6.07, 6.45) is -1.78. The predicted molar refractivity (Wildman–Crippen MR) is 58.7 cm³/mol. The molecule has 1 aliphatic heterocycles. The lowest BCUT2D eigenvalue weighted by Gasteiger charge is -2.18. The Bertz CT molecular complexity index is 400. The van der Waals surface area contributed by atoms with Gasteiger partial charge in [0.25, 0.3) is 10.9 Å². The van der Waals surface area contributed by atoms with E-state index >= 15 is 0 Å². The van der Waals surface area contributed by atoms with E-state index in [1.807, 2.05) is 0 Å². The standard InChI is InChI=1S/C11H11F2NOS/c1-14-7-9(12)11(13,10(14)15)16-8-5-3-2-4-6-8/h2-6,9H,7H2,1H3/t9-,11+/m0/s1. The van der Waals surface area contributed by atoms with Crippen molar-refractivity contribution < 1.29 is 13.6 Å². The van der Waals surface area contributed by atoms with Crippen LogP contribution in [-0.2, 0) is 4.79 Å².